The number of rotatable bonds is 7. The molecule has 0 aliphatic carbocycles. The van der Waals surface area contributed by atoms with E-state index in [1.165, 1.54) is 16.7 Å². The third-order valence-corrected chi connectivity index (χ3v) is 5.75. The highest BCUT2D eigenvalue weighted by Crippen LogP contribution is 2.14. The van der Waals surface area contributed by atoms with Gasteiger partial charge in [-0.25, -0.2) is 4.99 Å². The van der Waals surface area contributed by atoms with Crippen molar-refractivity contribution >= 4 is 11.9 Å². The molecule has 166 valence electrons. The largest absolute Gasteiger partial charge is 0.354 e. The Kier molecular flexibility index (Phi) is 8.47. The molecule has 1 fully saturated rings. The lowest BCUT2D eigenvalue weighted by Gasteiger charge is -2.33. The summed E-state index contributed by atoms with van der Waals surface area (Å²) in [5, 5.41) is 6.79. The van der Waals surface area contributed by atoms with Gasteiger partial charge in [-0.05, 0) is 36.5 Å². The van der Waals surface area contributed by atoms with Crippen LogP contribution in [0.4, 0.5) is 0 Å². The maximum absolute atomic E-state index is 12.1. The molecule has 2 aromatic carbocycles. The van der Waals surface area contributed by atoms with Crippen LogP contribution in [0, 0.1) is 6.92 Å². The maximum Gasteiger partial charge on any atom is 0.241 e. The number of carbonyl (C=O) groups excluding carboxylic acids is 1. The van der Waals surface area contributed by atoms with E-state index in [0.717, 1.165) is 32.5 Å². The first-order valence-electron chi connectivity index (χ1n) is 11.1. The number of nitrogens with zero attached hydrogens (tertiary/aromatic N) is 3. The van der Waals surface area contributed by atoms with Gasteiger partial charge in [0.15, 0.2) is 5.96 Å². The van der Waals surface area contributed by atoms with Gasteiger partial charge < -0.3 is 15.5 Å². The maximum atomic E-state index is 12.1. The molecular weight excluding hydrogens is 386 g/mol. The molecule has 1 saturated heterocycles. The Bertz CT molecular complexity index is 857. The first-order chi connectivity index (χ1) is 15.0. The first-order valence-corrected chi connectivity index (χ1v) is 11.1. The van der Waals surface area contributed by atoms with Crippen LogP contribution < -0.4 is 10.6 Å². The molecule has 1 amide bonds. The van der Waals surface area contributed by atoms with Gasteiger partial charge in [0.25, 0.3) is 0 Å². The quantitative estimate of drug-likeness (QED) is 0.533. The third kappa shape index (κ3) is 7.40. The molecule has 2 N–H and O–H groups in total. The van der Waals surface area contributed by atoms with E-state index in [1.807, 2.05) is 12.1 Å². The number of piperidine rings is 1. The molecule has 1 aliphatic heterocycles. The lowest BCUT2D eigenvalue weighted by Crippen LogP contribution is -2.50. The number of carbonyl (C=O) groups is 1. The fraction of sp³-hybridized carbons (Fsp3) is 0.440. The molecule has 0 aromatic heterocycles. The molecule has 0 radical (unpaired) electrons. The predicted molar refractivity (Wildman–Crippen MR) is 127 cm³/mol. The van der Waals surface area contributed by atoms with Crippen LogP contribution in [0.3, 0.4) is 0 Å². The Morgan fingerprint density at radius 1 is 1.06 bits per heavy atom. The molecule has 0 atom stereocenters. The predicted octanol–water partition coefficient (Wildman–Crippen LogP) is 2.78. The van der Waals surface area contributed by atoms with Crippen molar-refractivity contribution in [1.82, 2.24) is 20.4 Å². The van der Waals surface area contributed by atoms with Crippen molar-refractivity contribution in [2.24, 2.45) is 4.99 Å². The fourth-order valence-corrected chi connectivity index (χ4v) is 3.69. The van der Waals surface area contributed by atoms with Gasteiger partial charge in [-0.2, -0.15) is 0 Å². The van der Waals surface area contributed by atoms with E-state index in [9.17, 15) is 4.79 Å². The minimum atomic E-state index is 0.0306. The van der Waals surface area contributed by atoms with Crippen molar-refractivity contribution in [2.75, 3.05) is 33.7 Å². The number of likely N-dealkylation sites (N-methyl/N-ethyl adjacent to an activating group) is 1. The molecule has 1 aliphatic rings. The smallest absolute Gasteiger partial charge is 0.241 e. The standard InChI is InChI=1S/C25H35N5O/c1-20-9-7-8-12-22(20)17-26-25(27-18-24(31)29(2)3)28-23-13-15-30(16-14-23)19-21-10-5-4-6-11-21/h4-12,23H,13-19H2,1-3H3,(H2,26,27,28). The molecule has 31 heavy (non-hydrogen) atoms. The van der Waals surface area contributed by atoms with E-state index in [2.05, 4.69) is 64.9 Å². The van der Waals surface area contributed by atoms with E-state index < -0.39 is 0 Å². The fourth-order valence-electron chi connectivity index (χ4n) is 3.69. The highest BCUT2D eigenvalue weighted by atomic mass is 16.2. The minimum absolute atomic E-state index is 0.0306. The number of likely N-dealkylation sites (tertiary alicyclic amines) is 1. The minimum Gasteiger partial charge on any atom is -0.354 e. The Balaban J connectivity index is 1.56. The number of amides is 1. The molecule has 0 bridgehead atoms. The summed E-state index contributed by atoms with van der Waals surface area (Å²) < 4.78 is 0. The lowest BCUT2D eigenvalue weighted by molar-refractivity contribution is -0.127. The third-order valence-electron chi connectivity index (χ3n) is 5.75. The van der Waals surface area contributed by atoms with Crippen molar-refractivity contribution in [3.8, 4) is 0 Å². The number of benzene rings is 2. The molecule has 2 aromatic rings. The zero-order valence-electron chi connectivity index (χ0n) is 19.0. The summed E-state index contributed by atoms with van der Waals surface area (Å²) in [5.74, 6) is 0.739. The second-order valence-corrected chi connectivity index (χ2v) is 8.41. The van der Waals surface area contributed by atoms with Crippen molar-refractivity contribution < 1.29 is 4.79 Å². The molecule has 6 heteroatoms. The number of aliphatic imine (C=N–C) groups is 1. The monoisotopic (exact) mass is 421 g/mol. The summed E-state index contributed by atoms with van der Waals surface area (Å²) in [7, 11) is 3.54. The molecular formula is C25H35N5O. The van der Waals surface area contributed by atoms with Crippen molar-refractivity contribution in [2.45, 2.75) is 38.9 Å². The number of hydrogen-bond acceptors (Lipinski definition) is 3. The van der Waals surface area contributed by atoms with E-state index in [-0.39, 0.29) is 12.5 Å². The summed E-state index contributed by atoms with van der Waals surface area (Å²) in [5.41, 5.74) is 3.78. The second-order valence-electron chi connectivity index (χ2n) is 8.41. The van der Waals surface area contributed by atoms with Gasteiger partial charge in [-0.1, -0.05) is 54.6 Å². The number of guanidine groups is 1. The average Bonchev–Trinajstić information content (AvgIpc) is 2.78. The van der Waals surface area contributed by atoms with Crippen LogP contribution in [-0.2, 0) is 17.9 Å². The van der Waals surface area contributed by atoms with E-state index in [4.69, 9.17) is 4.99 Å². The van der Waals surface area contributed by atoms with E-state index >= 15 is 0 Å². The second kappa shape index (κ2) is 11.5. The highest BCUT2D eigenvalue weighted by Gasteiger charge is 2.20. The normalized spacial score (nSPS) is 15.5. The van der Waals surface area contributed by atoms with Crippen LogP contribution in [0.25, 0.3) is 0 Å². The Hall–Kier alpha value is -2.86. The Morgan fingerprint density at radius 3 is 2.42 bits per heavy atom. The van der Waals surface area contributed by atoms with Gasteiger partial charge in [-0.15, -0.1) is 0 Å². The van der Waals surface area contributed by atoms with Crippen molar-refractivity contribution in [3.63, 3.8) is 0 Å². The van der Waals surface area contributed by atoms with Crippen molar-refractivity contribution in [1.29, 1.82) is 0 Å². The van der Waals surface area contributed by atoms with Crippen LogP contribution in [0.5, 0.6) is 0 Å². The number of nitrogens with one attached hydrogen (secondary N) is 2. The van der Waals surface area contributed by atoms with Gasteiger partial charge in [0.05, 0.1) is 13.1 Å². The molecule has 6 nitrogen and oxygen atoms in total. The summed E-state index contributed by atoms with van der Waals surface area (Å²) in [6, 6.07) is 19.3. The summed E-state index contributed by atoms with van der Waals surface area (Å²) in [4.78, 5) is 20.9. The van der Waals surface area contributed by atoms with E-state index in [0.29, 0.717) is 18.5 Å². The van der Waals surface area contributed by atoms with Gasteiger partial charge >= 0.3 is 0 Å². The summed E-state index contributed by atoms with van der Waals surface area (Å²) >= 11 is 0. The number of hydrogen-bond donors (Lipinski definition) is 2. The van der Waals surface area contributed by atoms with Gasteiger partial charge in [0.1, 0.15) is 0 Å². The zero-order valence-corrected chi connectivity index (χ0v) is 19.0. The first kappa shape index (κ1) is 22.8. The summed E-state index contributed by atoms with van der Waals surface area (Å²) in [6.07, 6.45) is 2.11. The number of aryl methyl sites for hydroxylation is 1. The van der Waals surface area contributed by atoms with Gasteiger partial charge in [-0.3, -0.25) is 9.69 Å². The average molecular weight is 422 g/mol. The van der Waals surface area contributed by atoms with E-state index in [1.54, 1.807) is 19.0 Å². The Morgan fingerprint density at radius 2 is 1.74 bits per heavy atom. The topological polar surface area (TPSA) is 60.0 Å². The molecule has 0 saturated carbocycles. The molecule has 0 spiro atoms. The highest BCUT2D eigenvalue weighted by molar-refractivity contribution is 5.86. The summed E-state index contributed by atoms with van der Waals surface area (Å²) in [6.45, 7) is 6.02. The Labute approximate surface area is 186 Å². The van der Waals surface area contributed by atoms with Crippen LogP contribution in [0.15, 0.2) is 59.6 Å². The van der Waals surface area contributed by atoms with Crippen LogP contribution >= 0.6 is 0 Å². The SMILES string of the molecule is Cc1ccccc1CN=C(NCC(=O)N(C)C)NC1CCN(Cc2ccccc2)CC1. The van der Waals surface area contributed by atoms with Crippen LogP contribution in [0.1, 0.15) is 29.5 Å². The zero-order chi connectivity index (χ0) is 22.1. The van der Waals surface area contributed by atoms with Gasteiger partial charge in [0.2, 0.25) is 5.91 Å². The van der Waals surface area contributed by atoms with Gasteiger partial charge in [0, 0.05) is 39.8 Å². The molecule has 1 heterocycles. The van der Waals surface area contributed by atoms with Crippen LogP contribution in [0.2, 0.25) is 0 Å². The molecule has 0 unspecified atom stereocenters. The van der Waals surface area contributed by atoms with Crippen LogP contribution in [-0.4, -0.2) is 61.4 Å². The van der Waals surface area contributed by atoms with Crippen molar-refractivity contribution in [3.05, 3.63) is 71.3 Å². The molecule has 3 rings (SSSR count). The lowest BCUT2D eigenvalue weighted by atomic mass is 10.0.